The molecule has 1 aliphatic heterocycles. The molecule has 5 N–H and O–H groups in total. The summed E-state index contributed by atoms with van der Waals surface area (Å²) in [5, 5.41) is 36.8. The second-order valence-electron chi connectivity index (χ2n) is 4.93. The lowest BCUT2D eigenvalue weighted by atomic mass is 9.97. The maximum absolute atomic E-state index is 12.0. The number of nitrogens with one attached hydrogen (secondary N) is 2. The molecule has 0 saturated carbocycles. The molecule has 0 aromatic heterocycles. The fourth-order valence-corrected chi connectivity index (χ4v) is 1.97. The first-order valence-corrected chi connectivity index (χ1v) is 7.03. The predicted octanol–water partition coefficient (Wildman–Crippen LogP) is -0.834. The Bertz CT molecular complexity index is 856. The summed E-state index contributed by atoms with van der Waals surface area (Å²) in [6.45, 7) is 0.388. The average molecular weight is 358 g/mol. The number of carbonyl (C=O) groups excluding carboxylic acids is 2. The molecule has 1 aromatic carbocycles. The Morgan fingerprint density at radius 1 is 1.32 bits per heavy atom. The number of carbonyl (C=O) groups is 2. The van der Waals surface area contributed by atoms with Crippen molar-refractivity contribution in [3.8, 4) is 0 Å². The highest BCUT2D eigenvalue weighted by Crippen LogP contribution is 2.18. The summed E-state index contributed by atoms with van der Waals surface area (Å²) in [6, 6.07) is -4.79. The van der Waals surface area contributed by atoms with Gasteiger partial charge in [0.15, 0.2) is 6.10 Å². The van der Waals surface area contributed by atoms with Crippen molar-refractivity contribution >= 4 is 23.6 Å². The monoisotopic (exact) mass is 358 g/mol. The molecule has 0 bridgehead atoms. The molecule has 2 rings (SSSR count). The molecular weight excluding hydrogens is 334 g/mol. The number of amides is 2. The third kappa shape index (κ3) is 4.89. The third-order valence-electron chi connectivity index (χ3n) is 3.09. The van der Waals surface area contributed by atoms with Crippen LogP contribution < -0.4 is 10.6 Å². The number of aliphatic hydroxyl groups excluding tert-OH is 3. The van der Waals surface area contributed by atoms with Gasteiger partial charge in [0.25, 0.3) is 5.90 Å². The van der Waals surface area contributed by atoms with Crippen LogP contribution in [-0.2, 0) is 14.4 Å². The number of rotatable bonds is 4. The van der Waals surface area contributed by atoms with Gasteiger partial charge in [0.05, 0.1) is 13.5 Å². The molecular formula is C15H19N3O7. The largest absolute Gasteiger partial charge is 0.468 e. The smallest absolute Gasteiger partial charge is 0.437 e. The number of benzene rings is 1. The number of oxime groups is 1. The normalized spacial score (nSPS) is 30.1. The SMILES string of the molecule is [2H]c1c([2H])c([2H])c(NC(=O)O/N=C2/OC(CO)[C@@H](O)C(O)C2NC(C)=O)c([2H])c1[2H]. The zero-order valence-electron chi connectivity index (χ0n) is 17.9. The van der Waals surface area contributed by atoms with E-state index in [0.717, 1.165) is 6.92 Å². The van der Waals surface area contributed by atoms with Gasteiger partial charge in [-0.05, 0) is 17.2 Å². The van der Waals surface area contributed by atoms with Crippen molar-refractivity contribution in [3.05, 3.63) is 30.2 Å². The summed E-state index contributed by atoms with van der Waals surface area (Å²) < 4.78 is 43.2. The van der Waals surface area contributed by atoms with E-state index in [4.69, 9.17) is 11.6 Å². The highest BCUT2D eigenvalue weighted by molar-refractivity contribution is 5.89. The Labute approximate surface area is 150 Å². The highest BCUT2D eigenvalue weighted by atomic mass is 16.7. The van der Waals surface area contributed by atoms with Gasteiger partial charge in [0.2, 0.25) is 5.91 Å². The molecule has 10 nitrogen and oxygen atoms in total. The Morgan fingerprint density at radius 3 is 2.60 bits per heavy atom. The van der Waals surface area contributed by atoms with Gasteiger partial charge in [-0.2, -0.15) is 0 Å². The first-order valence-electron chi connectivity index (χ1n) is 9.53. The van der Waals surface area contributed by atoms with Crippen molar-refractivity contribution in [1.82, 2.24) is 5.32 Å². The van der Waals surface area contributed by atoms with Gasteiger partial charge in [0, 0.05) is 12.6 Å². The fourth-order valence-electron chi connectivity index (χ4n) is 1.97. The Hall–Kier alpha value is -2.69. The minimum atomic E-state index is -1.65. The minimum absolute atomic E-state index is 0.543. The average Bonchev–Trinajstić information content (AvgIpc) is 2.70. The number of hydrogen-bond donors (Lipinski definition) is 5. The van der Waals surface area contributed by atoms with Crippen molar-refractivity contribution in [3.63, 3.8) is 0 Å². The summed E-state index contributed by atoms with van der Waals surface area (Å²) in [6.07, 6.45) is -5.92. The lowest BCUT2D eigenvalue weighted by molar-refractivity contribution is -0.126. The van der Waals surface area contributed by atoms with Crippen molar-refractivity contribution < 1.29 is 41.3 Å². The lowest BCUT2D eigenvalue weighted by Crippen LogP contribution is -2.62. The van der Waals surface area contributed by atoms with Crippen LogP contribution in [0.3, 0.4) is 0 Å². The quantitative estimate of drug-likeness (QED) is 0.348. The van der Waals surface area contributed by atoms with E-state index in [9.17, 15) is 24.9 Å². The van der Waals surface area contributed by atoms with E-state index in [2.05, 4.69) is 15.3 Å². The van der Waals surface area contributed by atoms with Gasteiger partial charge < -0.3 is 25.4 Å². The van der Waals surface area contributed by atoms with Gasteiger partial charge in [-0.1, -0.05) is 18.1 Å². The fraction of sp³-hybridized carbons (Fsp3) is 0.400. The molecule has 25 heavy (non-hydrogen) atoms. The van der Waals surface area contributed by atoms with Crippen LogP contribution in [0.4, 0.5) is 10.5 Å². The van der Waals surface area contributed by atoms with E-state index in [-0.39, 0.29) is 0 Å². The summed E-state index contributed by atoms with van der Waals surface area (Å²) in [7, 11) is 0. The molecule has 2 amide bonds. The summed E-state index contributed by atoms with van der Waals surface area (Å²) in [5.74, 6) is -1.17. The maximum atomic E-state index is 12.0. The summed E-state index contributed by atoms with van der Waals surface area (Å²) in [4.78, 5) is 27.9. The predicted molar refractivity (Wildman–Crippen MR) is 85.6 cm³/mol. The molecule has 4 atom stereocenters. The molecule has 0 aliphatic carbocycles. The van der Waals surface area contributed by atoms with Gasteiger partial charge >= 0.3 is 6.09 Å². The third-order valence-corrected chi connectivity index (χ3v) is 3.09. The van der Waals surface area contributed by atoms with Crippen LogP contribution in [0.1, 0.15) is 13.8 Å². The molecule has 3 unspecified atom stereocenters. The van der Waals surface area contributed by atoms with Crippen LogP contribution in [0, 0.1) is 0 Å². The zero-order valence-corrected chi connectivity index (χ0v) is 12.9. The maximum Gasteiger partial charge on any atom is 0.437 e. The molecule has 10 heteroatoms. The van der Waals surface area contributed by atoms with Crippen LogP contribution in [-0.4, -0.2) is 64.2 Å². The van der Waals surface area contributed by atoms with E-state index >= 15 is 0 Å². The van der Waals surface area contributed by atoms with Gasteiger partial charge in [-0.25, -0.2) is 4.79 Å². The van der Waals surface area contributed by atoms with Gasteiger partial charge in [-0.15, -0.1) is 0 Å². The standard InChI is InChI=1S/C15H19N3O7/c1-8(20)16-11-13(22)12(21)10(7-19)24-14(11)18-25-15(23)17-9-5-3-2-4-6-9/h2-6,10-13,19,21-22H,7H2,1H3,(H,16,20)(H,17,23)/b18-14+/t10?,11?,12-,13?/m1/s1/i2D,3D,4D,5D,6D. The number of para-hydroxylation sites is 1. The Morgan fingerprint density at radius 2 is 2.00 bits per heavy atom. The summed E-state index contributed by atoms with van der Waals surface area (Å²) in [5.41, 5.74) is -0.558. The lowest BCUT2D eigenvalue weighted by Gasteiger charge is -2.37. The number of aliphatic hydroxyl groups is 3. The van der Waals surface area contributed by atoms with Crippen molar-refractivity contribution in [1.29, 1.82) is 0 Å². The molecule has 0 radical (unpaired) electrons. The number of hydrogen-bond acceptors (Lipinski definition) is 8. The number of ether oxygens (including phenoxy) is 1. The van der Waals surface area contributed by atoms with Crippen LogP contribution >= 0.6 is 0 Å². The molecule has 136 valence electrons. The van der Waals surface area contributed by atoms with E-state index in [0.29, 0.717) is 0 Å². The molecule has 1 fully saturated rings. The Kier molecular flexibility index (Phi) is 4.26. The van der Waals surface area contributed by atoms with E-state index in [1.165, 1.54) is 0 Å². The molecule has 1 aliphatic rings. The van der Waals surface area contributed by atoms with Crippen molar-refractivity contribution in [2.45, 2.75) is 31.3 Å². The summed E-state index contributed by atoms with van der Waals surface area (Å²) >= 11 is 0. The van der Waals surface area contributed by atoms with Crippen LogP contribution in [0.2, 0.25) is 0 Å². The van der Waals surface area contributed by atoms with Crippen LogP contribution in [0.25, 0.3) is 0 Å². The highest BCUT2D eigenvalue weighted by Gasteiger charge is 2.44. The van der Waals surface area contributed by atoms with Crippen molar-refractivity contribution in [2.24, 2.45) is 5.16 Å². The van der Waals surface area contributed by atoms with Crippen LogP contribution in [0.15, 0.2) is 35.4 Å². The molecule has 0 spiro atoms. The van der Waals surface area contributed by atoms with Gasteiger partial charge in [-0.3, -0.25) is 14.9 Å². The molecule has 1 saturated heterocycles. The van der Waals surface area contributed by atoms with Crippen LogP contribution in [0.5, 0.6) is 0 Å². The van der Waals surface area contributed by atoms with E-state index in [1.807, 2.05) is 5.32 Å². The first-order chi connectivity index (χ1) is 14.0. The Balaban J connectivity index is 2.24. The minimum Gasteiger partial charge on any atom is -0.468 e. The number of anilines is 1. The van der Waals surface area contributed by atoms with Gasteiger partial charge in [0.1, 0.15) is 18.2 Å². The second-order valence-corrected chi connectivity index (χ2v) is 4.93. The topological polar surface area (TPSA) is 150 Å². The second kappa shape index (κ2) is 8.42. The first kappa shape index (κ1) is 12.6. The van der Waals surface area contributed by atoms with Crippen molar-refractivity contribution in [2.75, 3.05) is 11.9 Å². The van der Waals surface area contributed by atoms with E-state index < -0.39 is 84.8 Å². The van der Waals surface area contributed by atoms with E-state index in [1.54, 1.807) is 0 Å². The number of nitrogens with zero attached hydrogens (tertiary/aromatic N) is 1. The zero-order chi connectivity index (χ0) is 22.7. The molecule has 1 heterocycles. The molecule has 1 aromatic rings.